The first-order valence-electron chi connectivity index (χ1n) is 6.02. The van der Waals surface area contributed by atoms with Crippen LogP contribution in [-0.4, -0.2) is 9.55 Å². The van der Waals surface area contributed by atoms with Crippen molar-refractivity contribution in [2.45, 2.75) is 19.9 Å². The summed E-state index contributed by atoms with van der Waals surface area (Å²) in [7, 11) is 0. The lowest BCUT2D eigenvalue weighted by atomic mass is 10.2. The van der Waals surface area contributed by atoms with Gasteiger partial charge in [0.15, 0.2) is 4.77 Å². The Morgan fingerprint density at radius 2 is 2.11 bits per heavy atom. The molecule has 0 fully saturated rings. The number of imidazole rings is 1. The molecule has 0 aliphatic heterocycles. The van der Waals surface area contributed by atoms with E-state index in [1.54, 1.807) is 0 Å². The quantitative estimate of drug-likeness (QED) is 0.670. The van der Waals surface area contributed by atoms with Crippen LogP contribution in [0.15, 0.2) is 39.2 Å². The zero-order valence-electron chi connectivity index (χ0n) is 10.6. The number of hydrogen-bond donors (Lipinski definition) is 1. The van der Waals surface area contributed by atoms with Crippen LogP contribution in [0.4, 0.5) is 0 Å². The summed E-state index contributed by atoms with van der Waals surface area (Å²) in [6.45, 7) is 4.03. The van der Waals surface area contributed by atoms with Gasteiger partial charge in [-0.05, 0) is 56.4 Å². The lowest BCUT2D eigenvalue weighted by Crippen LogP contribution is -2.05. The van der Waals surface area contributed by atoms with Gasteiger partial charge in [-0.15, -0.1) is 0 Å². The van der Waals surface area contributed by atoms with Gasteiger partial charge in [0.2, 0.25) is 0 Å². The van der Waals surface area contributed by atoms with Crippen molar-refractivity contribution < 1.29 is 4.42 Å². The Morgan fingerprint density at radius 1 is 1.32 bits per heavy atom. The molecule has 3 aromatic rings. The van der Waals surface area contributed by atoms with Crippen LogP contribution in [0.5, 0.6) is 0 Å². The minimum atomic E-state index is 0.0659. The van der Waals surface area contributed by atoms with Crippen LogP contribution in [0.3, 0.4) is 0 Å². The van der Waals surface area contributed by atoms with Crippen molar-refractivity contribution >= 4 is 39.2 Å². The van der Waals surface area contributed by atoms with E-state index in [1.807, 2.05) is 31.2 Å². The third-order valence-corrected chi connectivity index (χ3v) is 4.03. The molecule has 2 heterocycles. The normalized spacial score (nSPS) is 13.0. The molecule has 2 aromatic heterocycles. The molecule has 0 aliphatic carbocycles. The molecule has 1 atom stereocenters. The average molecular weight is 337 g/mol. The van der Waals surface area contributed by atoms with Crippen LogP contribution in [0.2, 0.25) is 0 Å². The van der Waals surface area contributed by atoms with Gasteiger partial charge in [-0.3, -0.25) is 0 Å². The van der Waals surface area contributed by atoms with E-state index < -0.39 is 0 Å². The van der Waals surface area contributed by atoms with Crippen LogP contribution < -0.4 is 0 Å². The summed E-state index contributed by atoms with van der Waals surface area (Å²) in [6.07, 6.45) is 0. The van der Waals surface area contributed by atoms with Gasteiger partial charge in [0.1, 0.15) is 11.5 Å². The SMILES string of the molecule is Cc1ccc(C(C)n2c(=S)[nH]c3cc(Br)ccc32)o1. The number of halogens is 1. The Labute approximate surface area is 124 Å². The number of benzene rings is 1. The third kappa shape index (κ3) is 2.17. The van der Waals surface area contributed by atoms with Crippen molar-refractivity contribution in [3.63, 3.8) is 0 Å². The summed E-state index contributed by atoms with van der Waals surface area (Å²) in [5.74, 6) is 1.83. The highest BCUT2D eigenvalue weighted by molar-refractivity contribution is 9.10. The van der Waals surface area contributed by atoms with Gasteiger partial charge in [-0.25, -0.2) is 0 Å². The first-order chi connectivity index (χ1) is 9.06. The molecule has 0 radical (unpaired) electrons. The Kier molecular flexibility index (Phi) is 3.11. The van der Waals surface area contributed by atoms with E-state index >= 15 is 0 Å². The predicted molar refractivity (Wildman–Crippen MR) is 82.1 cm³/mol. The van der Waals surface area contributed by atoms with Crippen molar-refractivity contribution in [3.05, 3.63) is 51.1 Å². The van der Waals surface area contributed by atoms with Crippen LogP contribution in [0.25, 0.3) is 11.0 Å². The van der Waals surface area contributed by atoms with Crippen LogP contribution >= 0.6 is 28.1 Å². The van der Waals surface area contributed by atoms with E-state index in [1.165, 1.54) is 0 Å². The molecule has 3 rings (SSSR count). The first-order valence-corrected chi connectivity index (χ1v) is 7.22. The fourth-order valence-electron chi connectivity index (χ4n) is 2.29. The molecule has 3 nitrogen and oxygen atoms in total. The van der Waals surface area contributed by atoms with Gasteiger partial charge >= 0.3 is 0 Å². The molecule has 0 aliphatic rings. The molecular weight excluding hydrogens is 324 g/mol. The van der Waals surface area contributed by atoms with Gasteiger partial charge in [-0.2, -0.15) is 0 Å². The number of aromatic amines is 1. The van der Waals surface area contributed by atoms with Gasteiger partial charge in [0.05, 0.1) is 17.1 Å². The second-order valence-electron chi connectivity index (χ2n) is 4.59. The third-order valence-electron chi connectivity index (χ3n) is 3.24. The predicted octanol–water partition coefficient (Wildman–Crippen LogP) is 4.97. The average Bonchev–Trinajstić information content (AvgIpc) is 2.91. The molecule has 1 N–H and O–H groups in total. The number of furan rings is 1. The molecule has 5 heteroatoms. The smallest absolute Gasteiger partial charge is 0.178 e. The van der Waals surface area contributed by atoms with Crippen LogP contribution in [0.1, 0.15) is 24.5 Å². The maximum Gasteiger partial charge on any atom is 0.178 e. The summed E-state index contributed by atoms with van der Waals surface area (Å²) >= 11 is 8.90. The second-order valence-corrected chi connectivity index (χ2v) is 5.89. The molecule has 19 heavy (non-hydrogen) atoms. The van der Waals surface area contributed by atoms with Crippen molar-refractivity contribution in [2.24, 2.45) is 0 Å². The molecular formula is C14H13BrN2OS. The van der Waals surface area contributed by atoms with Crippen molar-refractivity contribution in [3.8, 4) is 0 Å². The highest BCUT2D eigenvalue weighted by Crippen LogP contribution is 2.27. The topological polar surface area (TPSA) is 33.9 Å². The van der Waals surface area contributed by atoms with Crippen molar-refractivity contribution in [2.75, 3.05) is 0 Å². The minimum absolute atomic E-state index is 0.0659. The Balaban J connectivity index is 2.19. The summed E-state index contributed by atoms with van der Waals surface area (Å²) in [5.41, 5.74) is 2.10. The van der Waals surface area contributed by atoms with E-state index in [-0.39, 0.29) is 6.04 Å². The Bertz CT molecular complexity index is 799. The molecule has 0 bridgehead atoms. The summed E-state index contributed by atoms with van der Waals surface area (Å²) in [4.78, 5) is 3.23. The zero-order chi connectivity index (χ0) is 13.6. The molecule has 0 spiro atoms. The van der Waals surface area contributed by atoms with E-state index in [2.05, 4.69) is 38.5 Å². The highest BCUT2D eigenvalue weighted by Gasteiger charge is 2.16. The molecule has 1 aromatic carbocycles. The molecule has 1 unspecified atom stereocenters. The summed E-state index contributed by atoms with van der Waals surface area (Å²) in [5, 5.41) is 0. The number of nitrogens with zero attached hydrogens (tertiary/aromatic N) is 1. The van der Waals surface area contributed by atoms with Crippen molar-refractivity contribution in [1.82, 2.24) is 9.55 Å². The summed E-state index contributed by atoms with van der Waals surface area (Å²) < 4.78 is 9.52. The number of rotatable bonds is 2. The lowest BCUT2D eigenvalue weighted by molar-refractivity contribution is 0.431. The fraction of sp³-hybridized carbons (Fsp3) is 0.214. The zero-order valence-corrected chi connectivity index (χ0v) is 13.0. The number of nitrogens with one attached hydrogen (secondary N) is 1. The van der Waals surface area contributed by atoms with Gasteiger partial charge in [0, 0.05) is 4.47 Å². The molecule has 0 saturated carbocycles. The van der Waals surface area contributed by atoms with E-state index in [9.17, 15) is 0 Å². The number of aryl methyl sites for hydroxylation is 1. The van der Waals surface area contributed by atoms with E-state index in [0.717, 1.165) is 27.0 Å². The minimum Gasteiger partial charge on any atom is -0.464 e. The lowest BCUT2D eigenvalue weighted by Gasteiger charge is -2.12. The number of fused-ring (bicyclic) bond motifs is 1. The second kappa shape index (κ2) is 4.65. The Hall–Kier alpha value is -1.33. The fourth-order valence-corrected chi connectivity index (χ4v) is 3.02. The molecule has 98 valence electrons. The standard InChI is InChI=1S/C14H13BrN2OS/c1-8-3-6-13(18-8)9(2)17-12-5-4-10(15)7-11(12)16-14(17)19/h3-7,9H,1-2H3,(H,16,19). The number of aromatic nitrogens is 2. The van der Waals surface area contributed by atoms with Gasteiger partial charge in [-0.1, -0.05) is 15.9 Å². The molecule has 0 amide bonds. The molecule has 0 saturated heterocycles. The van der Waals surface area contributed by atoms with E-state index in [0.29, 0.717) is 4.77 Å². The van der Waals surface area contributed by atoms with Gasteiger partial charge in [0.25, 0.3) is 0 Å². The Morgan fingerprint density at radius 3 is 2.79 bits per heavy atom. The summed E-state index contributed by atoms with van der Waals surface area (Å²) in [6, 6.07) is 10.1. The number of H-pyrrole nitrogens is 1. The number of hydrogen-bond acceptors (Lipinski definition) is 2. The van der Waals surface area contributed by atoms with Crippen molar-refractivity contribution in [1.29, 1.82) is 0 Å². The first kappa shape index (κ1) is 12.7. The van der Waals surface area contributed by atoms with Gasteiger partial charge < -0.3 is 14.0 Å². The van der Waals surface area contributed by atoms with Crippen LogP contribution in [-0.2, 0) is 0 Å². The van der Waals surface area contributed by atoms with E-state index in [4.69, 9.17) is 16.6 Å². The largest absolute Gasteiger partial charge is 0.464 e. The van der Waals surface area contributed by atoms with Crippen LogP contribution in [0, 0.1) is 11.7 Å². The maximum atomic E-state index is 5.71. The maximum absolute atomic E-state index is 5.71. The highest BCUT2D eigenvalue weighted by atomic mass is 79.9. The monoisotopic (exact) mass is 336 g/mol.